The molecular weight excluding hydrogens is 710 g/mol. The molecule has 2 saturated heterocycles. The maximum atomic E-state index is 14.2. The zero-order valence-corrected chi connectivity index (χ0v) is 31.7. The minimum atomic E-state index is -0.811. The Morgan fingerprint density at radius 1 is 1.04 bits per heavy atom. The zero-order valence-electron chi connectivity index (χ0n) is 31.0. The maximum Gasteiger partial charge on any atom is 0.416 e. The Bertz CT molecular complexity index is 1880. The van der Waals surface area contributed by atoms with Crippen LogP contribution < -0.4 is 14.5 Å². The summed E-state index contributed by atoms with van der Waals surface area (Å²) in [6.45, 7) is 7.63. The quantitative estimate of drug-likeness (QED) is 0.112. The SMILES string of the molecule is C=CCOC(=O)N1c2cc(OCCCCCC(=O)N3C[C@@H](CCl)c4c3cc(O)c3ccccc43)c(C)cc2C(=O)N2CCCC[C@H]2[C@@H]1OC1CCCCO1. The van der Waals surface area contributed by atoms with Crippen LogP contribution in [0, 0.1) is 6.92 Å². The highest BCUT2D eigenvalue weighted by Crippen LogP contribution is 2.45. The van der Waals surface area contributed by atoms with Crippen LogP contribution in [0.3, 0.4) is 0 Å². The van der Waals surface area contributed by atoms with Gasteiger partial charge in [-0.05, 0) is 87.3 Å². The summed E-state index contributed by atoms with van der Waals surface area (Å²) in [7, 11) is 0. The number of rotatable bonds is 12. The third kappa shape index (κ3) is 7.63. The highest BCUT2D eigenvalue weighted by atomic mass is 35.5. The Hall–Kier alpha value is -4.32. The lowest BCUT2D eigenvalue weighted by molar-refractivity contribution is -0.198. The number of nitrogens with zero attached hydrogens (tertiary/aromatic N) is 3. The van der Waals surface area contributed by atoms with Crippen LogP contribution in [0.1, 0.15) is 91.6 Å². The van der Waals surface area contributed by atoms with Crippen LogP contribution in [0.25, 0.3) is 10.8 Å². The molecule has 4 atom stereocenters. The van der Waals surface area contributed by atoms with Crippen LogP contribution in [0.5, 0.6) is 11.5 Å². The predicted molar refractivity (Wildman–Crippen MR) is 208 cm³/mol. The standard InChI is InChI=1S/C42H50ClN3O8/c1-3-19-53-42(50)46-33-24-36(27(2)22-31(33)40(49)44-18-10-8-15-32(44)41(46)54-38-17-9-12-21-52-38)51-20-11-4-5-16-37(48)45-26-28(25-43)39-30-14-7-6-13-29(30)35(47)23-34(39)45/h3,6-7,13-14,22-24,28,32,38,41,47H,1,4-5,8-12,15-21,25-26H2,2H3/t28-,32+,38?,41+/m1/s1. The number of aryl methyl sites for hydroxylation is 1. The van der Waals surface area contributed by atoms with Gasteiger partial charge in [0.1, 0.15) is 18.1 Å². The molecule has 7 rings (SSSR count). The Kier molecular flexibility index (Phi) is 12.0. The second-order valence-corrected chi connectivity index (χ2v) is 15.0. The second kappa shape index (κ2) is 17.0. The number of unbranched alkanes of at least 4 members (excludes halogenated alkanes) is 2. The number of hydrogen-bond donors (Lipinski definition) is 1. The van der Waals surface area contributed by atoms with Crippen LogP contribution in [0.2, 0.25) is 0 Å². The first kappa shape index (κ1) is 38.0. The van der Waals surface area contributed by atoms with E-state index in [1.54, 1.807) is 23.1 Å². The molecule has 4 aliphatic heterocycles. The van der Waals surface area contributed by atoms with Crippen molar-refractivity contribution in [1.82, 2.24) is 4.90 Å². The van der Waals surface area contributed by atoms with Gasteiger partial charge in [0.05, 0.1) is 29.6 Å². The van der Waals surface area contributed by atoms with Crippen molar-refractivity contribution in [1.29, 1.82) is 0 Å². The number of carbonyl (C=O) groups excluding carboxylic acids is 3. The molecule has 3 aromatic rings. The molecule has 0 aromatic heterocycles. The monoisotopic (exact) mass is 759 g/mol. The van der Waals surface area contributed by atoms with Crippen molar-refractivity contribution in [2.75, 3.05) is 48.6 Å². The van der Waals surface area contributed by atoms with Crippen molar-refractivity contribution in [3.8, 4) is 11.5 Å². The number of phenolic OH excluding ortho intramolecular Hbond substituents is 1. The molecule has 11 nitrogen and oxygen atoms in total. The van der Waals surface area contributed by atoms with Gasteiger partial charge in [0.15, 0.2) is 12.5 Å². The van der Waals surface area contributed by atoms with Gasteiger partial charge in [-0.15, -0.1) is 11.6 Å². The van der Waals surface area contributed by atoms with Crippen molar-refractivity contribution >= 4 is 51.7 Å². The third-order valence-corrected chi connectivity index (χ3v) is 11.4. The molecule has 3 amide bonds. The fraction of sp³-hybridized carbons (Fsp3) is 0.500. The van der Waals surface area contributed by atoms with Crippen molar-refractivity contribution in [3.05, 3.63) is 71.8 Å². The van der Waals surface area contributed by atoms with Crippen LogP contribution in [-0.4, -0.2) is 85.3 Å². The third-order valence-electron chi connectivity index (χ3n) is 11.1. The molecule has 12 heteroatoms. The summed E-state index contributed by atoms with van der Waals surface area (Å²) in [5, 5.41) is 12.4. The number of hydrogen-bond acceptors (Lipinski definition) is 8. The predicted octanol–water partition coefficient (Wildman–Crippen LogP) is 8.17. The first-order chi connectivity index (χ1) is 26.3. The summed E-state index contributed by atoms with van der Waals surface area (Å²) in [4.78, 5) is 46.6. The molecule has 288 valence electrons. The summed E-state index contributed by atoms with van der Waals surface area (Å²) in [6, 6.07) is 12.6. The molecule has 0 saturated carbocycles. The summed E-state index contributed by atoms with van der Waals surface area (Å²) in [5.41, 5.74) is 3.31. The van der Waals surface area contributed by atoms with E-state index in [9.17, 15) is 19.5 Å². The van der Waals surface area contributed by atoms with Gasteiger partial charge in [-0.25, -0.2) is 9.69 Å². The first-order valence-electron chi connectivity index (χ1n) is 19.3. The Labute approximate surface area is 321 Å². The van der Waals surface area contributed by atoms with Gasteiger partial charge in [0, 0.05) is 55.4 Å². The number of carbonyl (C=O) groups is 3. The van der Waals surface area contributed by atoms with Crippen LogP contribution in [0.4, 0.5) is 16.2 Å². The molecule has 0 spiro atoms. The van der Waals surface area contributed by atoms with E-state index >= 15 is 0 Å². The number of ether oxygens (including phenoxy) is 4. The first-order valence-corrected chi connectivity index (χ1v) is 19.9. The lowest BCUT2D eigenvalue weighted by atomic mass is 9.95. The topological polar surface area (TPSA) is 118 Å². The Morgan fingerprint density at radius 2 is 1.85 bits per heavy atom. The normalized spacial score (nSPS) is 22.3. The number of anilines is 2. The van der Waals surface area contributed by atoms with Gasteiger partial charge in [0.25, 0.3) is 5.91 Å². The molecule has 1 N–H and O–H groups in total. The molecular formula is C42H50ClN3O8. The fourth-order valence-electron chi connectivity index (χ4n) is 8.36. The number of piperidine rings is 1. The van der Waals surface area contributed by atoms with Crippen molar-refractivity contribution in [2.24, 2.45) is 0 Å². The van der Waals surface area contributed by atoms with Gasteiger partial charge in [-0.2, -0.15) is 0 Å². The highest BCUT2D eigenvalue weighted by molar-refractivity contribution is 6.19. The Balaban J connectivity index is 1.04. The number of benzene rings is 3. The zero-order chi connectivity index (χ0) is 37.8. The van der Waals surface area contributed by atoms with Crippen LogP contribution in [0.15, 0.2) is 55.1 Å². The van der Waals surface area contributed by atoms with E-state index < -0.39 is 18.6 Å². The van der Waals surface area contributed by atoms with Gasteiger partial charge in [0.2, 0.25) is 5.91 Å². The molecule has 0 aliphatic carbocycles. The van der Waals surface area contributed by atoms with Gasteiger partial charge >= 0.3 is 6.09 Å². The highest BCUT2D eigenvalue weighted by Gasteiger charge is 2.46. The molecule has 0 bridgehead atoms. The lowest BCUT2D eigenvalue weighted by Crippen LogP contribution is -2.57. The number of phenols is 1. The molecule has 4 heterocycles. The van der Waals surface area contributed by atoms with Crippen molar-refractivity contribution in [3.63, 3.8) is 0 Å². The fourth-order valence-corrected chi connectivity index (χ4v) is 8.61. The average Bonchev–Trinajstić information content (AvgIpc) is 3.53. The molecule has 0 radical (unpaired) electrons. The van der Waals surface area contributed by atoms with Crippen molar-refractivity contribution in [2.45, 2.75) is 95.6 Å². The van der Waals surface area contributed by atoms with E-state index in [0.717, 1.165) is 59.7 Å². The second-order valence-electron chi connectivity index (χ2n) is 14.6. The summed E-state index contributed by atoms with van der Waals surface area (Å²) in [6.07, 6.45) is 7.12. The molecule has 2 fully saturated rings. The molecule has 4 aliphatic rings. The largest absolute Gasteiger partial charge is 0.507 e. The van der Waals surface area contributed by atoms with E-state index in [2.05, 4.69) is 6.58 Å². The number of alkyl halides is 1. The molecule has 54 heavy (non-hydrogen) atoms. The van der Waals surface area contributed by atoms with E-state index in [4.69, 9.17) is 30.5 Å². The van der Waals surface area contributed by atoms with Gasteiger partial charge < -0.3 is 33.9 Å². The van der Waals surface area contributed by atoms with E-state index in [1.165, 1.54) is 11.0 Å². The molecule has 3 aromatic carbocycles. The average molecular weight is 760 g/mol. The number of aromatic hydroxyl groups is 1. The van der Waals surface area contributed by atoms with E-state index in [1.807, 2.05) is 36.1 Å². The summed E-state index contributed by atoms with van der Waals surface area (Å²) >= 11 is 6.37. The lowest BCUT2D eigenvalue weighted by Gasteiger charge is -2.42. The van der Waals surface area contributed by atoms with Gasteiger partial charge in [-0.3, -0.25) is 9.59 Å². The van der Waals surface area contributed by atoms with Crippen LogP contribution in [-0.2, 0) is 19.0 Å². The Morgan fingerprint density at radius 3 is 2.63 bits per heavy atom. The van der Waals surface area contributed by atoms with Crippen LogP contribution >= 0.6 is 11.6 Å². The van der Waals surface area contributed by atoms with E-state index in [0.29, 0.717) is 81.3 Å². The smallest absolute Gasteiger partial charge is 0.416 e. The maximum absolute atomic E-state index is 14.2. The molecule has 1 unspecified atom stereocenters. The minimum Gasteiger partial charge on any atom is -0.507 e. The number of halogens is 1. The number of amides is 3. The van der Waals surface area contributed by atoms with Crippen molar-refractivity contribution < 1.29 is 38.4 Å². The van der Waals surface area contributed by atoms with Gasteiger partial charge in [-0.1, -0.05) is 36.9 Å². The number of fused-ring (bicyclic) bond motifs is 5. The summed E-state index contributed by atoms with van der Waals surface area (Å²) < 4.78 is 24.5. The minimum absolute atomic E-state index is 0.000804. The van der Waals surface area contributed by atoms with E-state index in [-0.39, 0.29) is 36.1 Å². The summed E-state index contributed by atoms with van der Waals surface area (Å²) in [5.74, 6) is 0.940.